The van der Waals surface area contributed by atoms with Crippen molar-refractivity contribution in [1.29, 1.82) is 0 Å². The van der Waals surface area contributed by atoms with Crippen molar-refractivity contribution in [1.82, 2.24) is 10.3 Å². The molecule has 1 rings (SSSR count). The van der Waals surface area contributed by atoms with Crippen LogP contribution in [0, 0.1) is 6.92 Å². The van der Waals surface area contributed by atoms with Crippen molar-refractivity contribution in [2.75, 3.05) is 25.5 Å². The number of hydrogen-bond donors (Lipinski definition) is 2. The molecule has 0 fully saturated rings. The summed E-state index contributed by atoms with van der Waals surface area (Å²) in [6, 6.07) is 0. The number of amides is 1. The molecule has 0 aliphatic rings. The molecule has 100 valence electrons. The maximum absolute atomic E-state index is 11.4. The van der Waals surface area contributed by atoms with Gasteiger partial charge >= 0.3 is 5.97 Å². The van der Waals surface area contributed by atoms with Gasteiger partial charge in [0.2, 0.25) is 5.91 Å². The molecule has 18 heavy (non-hydrogen) atoms. The molecule has 0 bridgehead atoms. The van der Waals surface area contributed by atoms with E-state index in [0.717, 1.165) is 0 Å². The number of carbonyl (C=O) groups is 2. The van der Waals surface area contributed by atoms with E-state index in [1.165, 1.54) is 18.4 Å². The van der Waals surface area contributed by atoms with Crippen molar-refractivity contribution in [3.8, 4) is 0 Å². The Labute approximate surface area is 110 Å². The fraction of sp³-hybridized carbons (Fsp3) is 0.545. The third-order valence-electron chi connectivity index (χ3n) is 2.17. The summed E-state index contributed by atoms with van der Waals surface area (Å²) in [4.78, 5) is 27.3. The minimum absolute atomic E-state index is 0.00790. The topological polar surface area (TPSA) is 80.3 Å². The second-order valence-electron chi connectivity index (χ2n) is 3.56. The number of ether oxygens (including phenoxy) is 1. The monoisotopic (exact) mass is 271 g/mol. The van der Waals surface area contributed by atoms with Gasteiger partial charge in [-0.3, -0.25) is 4.79 Å². The lowest BCUT2D eigenvalue weighted by Crippen LogP contribution is -2.24. The molecule has 1 amide bonds. The van der Waals surface area contributed by atoms with Crippen molar-refractivity contribution in [3.63, 3.8) is 0 Å². The van der Waals surface area contributed by atoms with E-state index in [0.29, 0.717) is 35.2 Å². The van der Waals surface area contributed by atoms with Crippen LogP contribution in [0.25, 0.3) is 0 Å². The van der Waals surface area contributed by atoms with Gasteiger partial charge in [0, 0.05) is 19.5 Å². The lowest BCUT2D eigenvalue weighted by molar-refractivity contribution is -0.120. The average Bonchev–Trinajstić information content (AvgIpc) is 2.70. The van der Waals surface area contributed by atoms with Crippen molar-refractivity contribution in [2.24, 2.45) is 0 Å². The van der Waals surface area contributed by atoms with Gasteiger partial charge in [0.05, 0.1) is 12.8 Å². The molecular weight excluding hydrogens is 254 g/mol. The largest absolute Gasteiger partial charge is 0.465 e. The van der Waals surface area contributed by atoms with Crippen molar-refractivity contribution >= 4 is 28.3 Å². The minimum atomic E-state index is -0.387. The van der Waals surface area contributed by atoms with Crippen LogP contribution in [0.5, 0.6) is 0 Å². The molecule has 0 aromatic carbocycles. The molecule has 6 nitrogen and oxygen atoms in total. The Bertz CT molecular complexity index is 431. The molecule has 1 aromatic rings. The summed E-state index contributed by atoms with van der Waals surface area (Å²) >= 11 is 1.23. The first-order chi connectivity index (χ1) is 8.58. The lowest BCUT2D eigenvalue weighted by atomic mass is 10.4. The Kier molecular flexibility index (Phi) is 5.57. The fourth-order valence-electron chi connectivity index (χ4n) is 1.32. The van der Waals surface area contributed by atoms with Crippen LogP contribution < -0.4 is 10.6 Å². The number of methoxy groups -OCH3 is 1. The standard InChI is InChI=1S/C11H17N3O3S/c1-4-12-8(15)5-6-13-11-14-7(2)9(18-11)10(16)17-3/h4-6H2,1-3H3,(H,12,15)(H,13,14). The smallest absolute Gasteiger partial charge is 0.350 e. The third-order valence-corrected chi connectivity index (χ3v) is 3.26. The summed E-state index contributed by atoms with van der Waals surface area (Å²) < 4.78 is 4.64. The van der Waals surface area contributed by atoms with Gasteiger partial charge in [-0.1, -0.05) is 11.3 Å². The van der Waals surface area contributed by atoms with E-state index in [9.17, 15) is 9.59 Å². The van der Waals surface area contributed by atoms with E-state index >= 15 is 0 Å². The highest BCUT2D eigenvalue weighted by atomic mass is 32.1. The first-order valence-corrected chi connectivity index (χ1v) is 6.46. The van der Waals surface area contributed by atoms with Crippen molar-refractivity contribution in [3.05, 3.63) is 10.6 Å². The average molecular weight is 271 g/mol. The number of carbonyl (C=O) groups excluding carboxylic acids is 2. The maximum Gasteiger partial charge on any atom is 0.350 e. The number of esters is 1. The molecule has 0 saturated carbocycles. The summed E-state index contributed by atoms with van der Waals surface area (Å²) in [5, 5.41) is 6.34. The number of thiazole rings is 1. The Hall–Kier alpha value is -1.63. The third kappa shape index (κ3) is 3.99. The minimum Gasteiger partial charge on any atom is -0.465 e. The summed E-state index contributed by atoms with van der Waals surface area (Å²) in [7, 11) is 1.34. The van der Waals surface area contributed by atoms with E-state index in [2.05, 4.69) is 20.4 Å². The van der Waals surface area contributed by atoms with Crippen LogP contribution in [0.4, 0.5) is 5.13 Å². The zero-order valence-corrected chi connectivity index (χ0v) is 11.5. The van der Waals surface area contributed by atoms with Crippen molar-refractivity contribution < 1.29 is 14.3 Å². The molecule has 0 spiro atoms. The predicted octanol–water partition coefficient (Wildman–Crippen LogP) is 1.18. The SMILES string of the molecule is CCNC(=O)CCNc1nc(C)c(C(=O)OC)s1. The van der Waals surface area contributed by atoms with E-state index < -0.39 is 0 Å². The lowest BCUT2D eigenvalue weighted by Gasteiger charge is -2.02. The van der Waals surface area contributed by atoms with Crippen LogP contribution >= 0.6 is 11.3 Å². The van der Waals surface area contributed by atoms with Crippen LogP contribution in [0.15, 0.2) is 0 Å². The molecule has 0 radical (unpaired) electrons. The summed E-state index contributed by atoms with van der Waals surface area (Å²) in [5.74, 6) is -0.395. The molecule has 0 atom stereocenters. The highest BCUT2D eigenvalue weighted by Gasteiger charge is 2.15. The number of nitrogens with zero attached hydrogens (tertiary/aromatic N) is 1. The van der Waals surface area contributed by atoms with Gasteiger partial charge in [-0.05, 0) is 13.8 Å². The Morgan fingerprint density at radius 1 is 1.44 bits per heavy atom. The van der Waals surface area contributed by atoms with Crippen LogP contribution in [-0.4, -0.2) is 37.1 Å². The number of aromatic nitrogens is 1. The van der Waals surface area contributed by atoms with Gasteiger partial charge in [-0.15, -0.1) is 0 Å². The quantitative estimate of drug-likeness (QED) is 0.759. The zero-order chi connectivity index (χ0) is 13.5. The normalized spacial score (nSPS) is 9.94. The van der Waals surface area contributed by atoms with E-state index in [1.54, 1.807) is 6.92 Å². The first-order valence-electron chi connectivity index (χ1n) is 5.64. The first kappa shape index (κ1) is 14.4. The molecule has 1 heterocycles. The molecule has 2 N–H and O–H groups in total. The molecule has 1 aromatic heterocycles. The number of nitrogens with one attached hydrogen (secondary N) is 2. The summed E-state index contributed by atoms with van der Waals surface area (Å²) in [6.07, 6.45) is 0.375. The number of hydrogen-bond acceptors (Lipinski definition) is 6. The Balaban J connectivity index is 2.49. The molecule has 0 aliphatic carbocycles. The highest BCUT2D eigenvalue weighted by molar-refractivity contribution is 7.17. The zero-order valence-electron chi connectivity index (χ0n) is 10.7. The van der Waals surface area contributed by atoms with Crippen LogP contribution in [0.2, 0.25) is 0 Å². The van der Waals surface area contributed by atoms with E-state index in [1.807, 2.05) is 6.92 Å². The fourth-order valence-corrected chi connectivity index (χ4v) is 2.23. The summed E-state index contributed by atoms with van der Waals surface area (Å²) in [5.41, 5.74) is 0.632. The van der Waals surface area contributed by atoms with Gasteiger partial charge in [0.25, 0.3) is 0 Å². The van der Waals surface area contributed by atoms with Crippen LogP contribution in [0.3, 0.4) is 0 Å². The van der Waals surface area contributed by atoms with Gasteiger partial charge < -0.3 is 15.4 Å². The summed E-state index contributed by atoms with van der Waals surface area (Å²) in [6.45, 7) is 4.73. The predicted molar refractivity (Wildman–Crippen MR) is 70.0 cm³/mol. The number of rotatable bonds is 6. The molecule has 0 aliphatic heterocycles. The van der Waals surface area contributed by atoms with E-state index in [-0.39, 0.29) is 11.9 Å². The molecule has 0 unspecified atom stereocenters. The maximum atomic E-state index is 11.4. The van der Waals surface area contributed by atoms with Crippen molar-refractivity contribution in [2.45, 2.75) is 20.3 Å². The van der Waals surface area contributed by atoms with Gasteiger partial charge in [-0.25, -0.2) is 9.78 Å². The van der Waals surface area contributed by atoms with Gasteiger partial charge in [0.1, 0.15) is 4.88 Å². The van der Waals surface area contributed by atoms with Gasteiger partial charge in [0.15, 0.2) is 5.13 Å². The second kappa shape index (κ2) is 6.95. The number of aryl methyl sites for hydroxylation is 1. The van der Waals surface area contributed by atoms with Crippen LogP contribution in [-0.2, 0) is 9.53 Å². The Morgan fingerprint density at radius 3 is 2.78 bits per heavy atom. The second-order valence-corrected chi connectivity index (χ2v) is 4.55. The highest BCUT2D eigenvalue weighted by Crippen LogP contribution is 2.22. The molecule has 0 saturated heterocycles. The molecular formula is C11H17N3O3S. The van der Waals surface area contributed by atoms with Gasteiger partial charge in [-0.2, -0.15) is 0 Å². The Morgan fingerprint density at radius 2 is 2.17 bits per heavy atom. The van der Waals surface area contributed by atoms with E-state index in [4.69, 9.17) is 0 Å². The molecule has 7 heteroatoms. The number of anilines is 1. The van der Waals surface area contributed by atoms with Crippen LogP contribution in [0.1, 0.15) is 28.7 Å².